The molecule has 1 aliphatic carbocycles. The van der Waals surface area contributed by atoms with E-state index in [1.807, 2.05) is 30.0 Å². The van der Waals surface area contributed by atoms with Gasteiger partial charge in [0.1, 0.15) is 11.6 Å². The average Bonchev–Trinajstić information content (AvgIpc) is 3.36. The molecule has 1 aromatic heterocycles. The maximum Gasteiger partial charge on any atom is 0.321 e. The SMILES string of the molecule is Cc1nc2c(c(N3CC4CN(C(=O)Nc5ccccc5Cl)CC4C3)n1)CCC2. The number of amides is 2. The van der Waals surface area contributed by atoms with Crippen molar-refractivity contribution >= 4 is 29.1 Å². The van der Waals surface area contributed by atoms with Gasteiger partial charge >= 0.3 is 6.03 Å². The summed E-state index contributed by atoms with van der Waals surface area (Å²) in [6.07, 6.45) is 3.34. The second-order valence-electron chi connectivity index (χ2n) is 8.11. The molecular weight excluding hydrogens is 374 g/mol. The van der Waals surface area contributed by atoms with Crippen molar-refractivity contribution in [1.29, 1.82) is 0 Å². The predicted molar refractivity (Wildman–Crippen MR) is 110 cm³/mol. The summed E-state index contributed by atoms with van der Waals surface area (Å²) in [4.78, 5) is 26.4. The van der Waals surface area contributed by atoms with Crippen molar-refractivity contribution in [1.82, 2.24) is 14.9 Å². The number of nitrogens with one attached hydrogen (secondary N) is 1. The molecule has 1 N–H and O–H groups in total. The maximum atomic E-state index is 12.7. The number of carbonyl (C=O) groups is 1. The summed E-state index contributed by atoms with van der Waals surface area (Å²) < 4.78 is 0. The van der Waals surface area contributed by atoms with E-state index in [1.54, 1.807) is 6.07 Å². The van der Waals surface area contributed by atoms with Gasteiger partial charge in [-0.05, 0) is 38.3 Å². The van der Waals surface area contributed by atoms with E-state index in [9.17, 15) is 4.79 Å². The Balaban J connectivity index is 1.26. The minimum Gasteiger partial charge on any atom is -0.356 e. The Hall–Kier alpha value is -2.34. The Morgan fingerprint density at radius 1 is 1.11 bits per heavy atom. The fourth-order valence-electron chi connectivity index (χ4n) is 4.88. The van der Waals surface area contributed by atoms with Gasteiger partial charge in [-0.3, -0.25) is 0 Å². The molecule has 0 spiro atoms. The van der Waals surface area contributed by atoms with Crippen LogP contribution in [0.15, 0.2) is 24.3 Å². The van der Waals surface area contributed by atoms with Crippen LogP contribution in [0.3, 0.4) is 0 Å². The number of anilines is 2. The van der Waals surface area contributed by atoms with Gasteiger partial charge in [-0.1, -0.05) is 23.7 Å². The van der Waals surface area contributed by atoms with Gasteiger partial charge in [0.15, 0.2) is 0 Å². The van der Waals surface area contributed by atoms with Crippen molar-refractivity contribution in [3.8, 4) is 0 Å². The molecule has 6 nitrogen and oxygen atoms in total. The Labute approximate surface area is 169 Å². The Morgan fingerprint density at radius 3 is 2.61 bits per heavy atom. The van der Waals surface area contributed by atoms with Crippen molar-refractivity contribution in [2.75, 3.05) is 36.4 Å². The number of fused-ring (bicyclic) bond motifs is 2. The predicted octanol–water partition coefficient (Wildman–Crippen LogP) is 3.53. The fraction of sp³-hybridized carbons (Fsp3) is 0.476. The van der Waals surface area contributed by atoms with Crippen LogP contribution in [-0.2, 0) is 12.8 Å². The number of halogens is 1. The Bertz CT molecular complexity index is 919. The molecule has 7 heteroatoms. The number of benzene rings is 1. The first kappa shape index (κ1) is 17.7. The molecule has 2 amide bonds. The summed E-state index contributed by atoms with van der Waals surface area (Å²) in [7, 11) is 0. The van der Waals surface area contributed by atoms with Gasteiger partial charge in [-0.2, -0.15) is 0 Å². The highest BCUT2D eigenvalue weighted by Crippen LogP contribution is 2.37. The molecule has 3 aliphatic rings. The second kappa shape index (κ2) is 6.92. The van der Waals surface area contributed by atoms with Crippen molar-refractivity contribution in [2.45, 2.75) is 26.2 Å². The number of aromatic nitrogens is 2. The molecule has 28 heavy (non-hydrogen) atoms. The first-order valence-electron chi connectivity index (χ1n) is 10.0. The Morgan fingerprint density at radius 2 is 1.86 bits per heavy atom. The van der Waals surface area contributed by atoms with Crippen molar-refractivity contribution in [3.05, 3.63) is 46.4 Å². The zero-order chi connectivity index (χ0) is 19.3. The van der Waals surface area contributed by atoms with Crippen LogP contribution in [0.25, 0.3) is 0 Å². The smallest absolute Gasteiger partial charge is 0.321 e. The number of hydrogen-bond acceptors (Lipinski definition) is 4. The summed E-state index contributed by atoms with van der Waals surface area (Å²) in [5.74, 6) is 2.99. The molecule has 3 heterocycles. The van der Waals surface area contributed by atoms with Crippen LogP contribution in [0.1, 0.15) is 23.5 Å². The molecule has 2 aliphatic heterocycles. The van der Waals surface area contributed by atoms with E-state index in [1.165, 1.54) is 17.7 Å². The summed E-state index contributed by atoms with van der Waals surface area (Å²) >= 11 is 6.16. The van der Waals surface area contributed by atoms with Crippen molar-refractivity contribution < 1.29 is 4.79 Å². The first-order valence-corrected chi connectivity index (χ1v) is 10.4. The third-order valence-corrected chi connectivity index (χ3v) is 6.54. The molecule has 2 unspecified atom stereocenters. The number of aryl methyl sites for hydroxylation is 2. The van der Waals surface area contributed by atoms with E-state index in [0.29, 0.717) is 22.5 Å². The molecule has 2 aromatic rings. The number of likely N-dealkylation sites (tertiary alicyclic amines) is 1. The van der Waals surface area contributed by atoms with Crippen LogP contribution in [0.2, 0.25) is 5.02 Å². The van der Waals surface area contributed by atoms with Gasteiger partial charge in [-0.15, -0.1) is 0 Å². The highest BCUT2D eigenvalue weighted by molar-refractivity contribution is 6.33. The summed E-state index contributed by atoms with van der Waals surface area (Å²) in [6, 6.07) is 7.29. The summed E-state index contributed by atoms with van der Waals surface area (Å²) in [6.45, 7) is 5.47. The van der Waals surface area contributed by atoms with Gasteiger partial charge in [0, 0.05) is 49.3 Å². The average molecular weight is 398 g/mol. The van der Waals surface area contributed by atoms with E-state index in [2.05, 4.69) is 15.2 Å². The number of urea groups is 1. The second-order valence-corrected chi connectivity index (χ2v) is 8.52. The molecule has 2 fully saturated rings. The lowest BCUT2D eigenvalue weighted by Gasteiger charge is -2.24. The van der Waals surface area contributed by atoms with Crippen LogP contribution in [-0.4, -0.2) is 47.1 Å². The monoisotopic (exact) mass is 397 g/mol. The van der Waals surface area contributed by atoms with Crippen LogP contribution < -0.4 is 10.2 Å². The topological polar surface area (TPSA) is 61.4 Å². The number of hydrogen-bond donors (Lipinski definition) is 1. The lowest BCUT2D eigenvalue weighted by Crippen LogP contribution is -2.36. The van der Waals surface area contributed by atoms with E-state index >= 15 is 0 Å². The molecule has 1 aromatic carbocycles. The molecule has 2 saturated heterocycles. The van der Waals surface area contributed by atoms with Crippen molar-refractivity contribution in [2.24, 2.45) is 11.8 Å². The maximum absolute atomic E-state index is 12.7. The fourth-order valence-corrected chi connectivity index (χ4v) is 5.07. The van der Waals surface area contributed by atoms with E-state index in [-0.39, 0.29) is 6.03 Å². The number of carbonyl (C=O) groups excluding carboxylic acids is 1. The largest absolute Gasteiger partial charge is 0.356 e. The molecule has 146 valence electrons. The van der Waals surface area contributed by atoms with Gasteiger partial charge in [-0.25, -0.2) is 14.8 Å². The van der Waals surface area contributed by atoms with Crippen LogP contribution >= 0.6 is 11.6 Å². The highest BCUT2D eigenvalue weighted by Gasteiger charge is 2.43. The van der Waals surface area contributed by atoms with Gasteiger partial charge in [0.05, 0.1) is 10.7 Å². The molecule has 0 saturated carbocycles. The highest BCUT2D eigenvalue weighted by atomic mass is 35.5. The van der Waals surface area contributed by atoms with Gasteiger partial charge in [0.2, 0.25) is 0 Å². The number of nitrogens with zero attached hydrogens (tertiary/aromatic N) is 4. The van der Waals surface area contributed by atoms with Gasteiger partial charge in [0.25, 0.3) is 0 Å². The molecule has 0 radical (unpaired) electrons. The quantitative estimate of drug-likeness (QED) is 0.842. The number of rotatable bonds is 2. The molecule has 0 bridgehead atoms. The minimum absolute atomic E-state index is 0.0622. The van der Waals surface area contributed by atoms with Crippen LogP contribution in [0.4, 0.5) is 16.3 Å². The lowest BCUT2D eigenvalue weighted by molar-refractivity contribution is 0.219. The molecular formula is C21H24ClN5O. The standard InChI is InChI=1S/C21H24ClN5O/c1-13-23-18-8-4-5-16(18)20(24-13)26-9-14-11-27(12-15(14)10-26)21(28)25-19-7-3-2-6-17(19)22/h2-3,6-7,14-15H,4-5,8-12H2,1H3,(H,25,28). The van der Waals surface area contributed by atoms with Crippen LogP contribution in [0.5, 0.6) is 0 Å². The first-order chi connectivity index (χ1) is 13.6. The zero-order valence-corrected chi connectivity index (χ0v) is 16.7. The summed E-state index contributed by atoms with van der Waals surface area (Å²) in [5.41, 5.74) is 3.25. The molecule has 5 rings (SSSR count). The van der Waals surface area contributed by atoms with Crippen molar-refractivity contribution in [3.63, 3.8) is 0 Å². The summed E-state index contributed by atoms with van der Waals surface area (Å²) in [5, 5.41) is 3.51. The minimum atomic E-state index is -0.0622. The van der Waals surface area contributed by atoms with E-state index in [0.717, 1.165) is 50.7 Å². The normalized spacial score (nSPS) is 23.1. The lowest BCUT2D eigenvalue weighted by atomic mass is 10.0. The van der Waals surface area contributed by atoms with Gasteiger partial charge < -0.3 is 15.1 Å². The number of para-hydroxylation sites is 1. The third kappa shape index (κ3) is 3.09. The zero-order valence-electron chi connectivity index (χ0n) is 16.0. The van der Waals surface area contributed by atoms with E-state index in [4.69, 9.17) is 16.6 Å². The van der Waals surface area contributed by atoms with E-state index < -0.39 is 0 Å². The molecule has 2 atom stereocenters. The Kier molecular flexibility index (Phi) is 4.38. The third-order valence-electron chi connectivity index (χ3n) is 6.21. The van der Waals surface area contributed by atoms with Crippen LogP contribution in [0, 0.1) is 18.8 Å².